The van der Waals surface area contributed by atoms with Crippen molar-refractivity contribution in [2.75, 3.05) is 17.2 Å². The lowest BCUT2D eigenvalue weighted by atomic mass is 9.97. The van der Waals surface area contributed by atoms with Crippen molar-refractivity contribution in [2.24, 2.45) is 5.73 Å². The summed E-state index contributed by atoms with van der Waals surface area (Å²) in [6, 6.07) is 8.08. The zero-order valence-electron chi connectivity index (χ0n) is 18.9. The van der Waals surface area contributed by atoms with Gasteiger partial charge in [0.1, 0.15) is 5.82 Å². The number of hydrogen-bond donors (Lipinski definition) is 1. The van der Waals surface area contributed by atoms with Crippen LogP contribution in [0.5, 0.6) is 0 Å². The first-order chi connectivity index (χ1) is 15.4. The second kappa shape index (κ2) is 8.38. The van der Waals surface area contributed by atoms with Crippen LogP contribution in [-0.4, -0.2) is 37.0 Å². The fourth-order valence-electron chi connectivity index (χ4n) is 3.94. The second-order valence-electron chi connectivity index (χ2n) is 9.42. The first kappa shape index (κ1) is 23.7. The largest absolute Gasteiger partial charge is 0.420 e. The summed E-state index contributed by atoms with van der Waals surface area (Å²) < 4.78 is 47.6. The molecule has 0 saturated heterocycles. The molecule has 0 radical (unpaired) electrons. The maximum Gasteiger partial charge on any atom is 0.250 e. The quantitative estimate of drug-likeness (QED) is 0.582. The highest BCUT2D eigenvalue weighted by Gasteiger charge is 2.35. The molecule has 0 bridgehead atoms. The van der Waals surface area contributed by atoms with Crippen LogP contribution in [0.3, 0.4) is 0 Å². The van der Waals surface area contributed by atoms with Gasteiger partial charge in [0.15, 0.2) is 9.84 Å². The Morgan fingerprint density at radius 2 is 1.91 bits per heavy atom. The molecule has 3 aromatic rings. The molecular formula is C23H26ClFN4O3S. The Morgan fingerprint density at radius 1 is 1.24 bits per heavy atom. The standard InChI is InChI=1S/C23H26ClFN4O3S/c1-13-19(25)17(21-27-28-22(32-21)23(2,3)4)9-18-20(13)33(30,31)12-16(26)11-29(18)10-14-5-7-15(24)8-6-14/h5-9,16H,10-12,26H2,1-4H3/t16-/m1/s1. The van der Waals surface area contributed by atoms with Gasteiger partial charge in [0.05, 0.1) is 21.9 Å². The van der Waals surface area contributed by atoms with E-state index in [1.807, 2.05) is 37.8 Å². The smallest absolute Gasteiger partial charge is 0.250 e. The van der Waals surface area contributed by atoms with Gasteiger partial charge in [0, 0.05) is 35.1 Å². The van der Waals surface area contributed by atoms with Gasteiger partial charge in [-0.3, -0.25) is 0 Å². The number of hydrogen-bond acceptors (Lipinski definition) is 7. The average Bonchev–Trinajstić information content (AvgIpc) is 3.17. The summed E-state index contributed by atoms with van der Waals surface area (Å²) >= 11 is 6.01. The highest BCUT2D eigenvalue weighted by Crippen LogP contribution is 2.40. The van der Waals surface area contributed by atoms with Gasteiger partial charge in [-0.05, 0) is 30.7 Å². The summed E-state index contributed by atoms with van der Waals surface area (Å²) in [6.45, 7) is 7.82. The van der Waals surface area contributed by atoms with Crippen LogP contribution in [0.1, 0.15) is 37.8 Å². The third-order valence-electron chi connectivity index (χ3n) is 5.54. The van der Waals surface area contributed by atoms with Gasteiger partial charge >= 0.3 is 0 Å². The number of benzene rings is 2. The highest BCUT2D eigenvalue weighted by molar-refractivity contribution is 7.91. The Bertz CT molecular complexity index is 1300. The molecule has 0 amide bonds. The van der Waals surface area contributed by atoms with Crippen molar-refractivity contribution < 1.29 is 17.2 Å². The number of nitrogens with two attached hydrogens (primary N) is 1. The molecular weight excluding hydrogens is 467 g/mol. The van der Waals surface area contributed by atoms with E-state index in [0.717, 1.165) is 5.56 Å². The SMILES string of the molecule is Cc1c(F)c(-c2nnc(C(C)(C)C)o2)cc2c1S(=O)(=O)C[C@H](N)CN2Cc1ccc(Cl)cc1. The van der Waals surface area contributed by atoms with Crippen LogP contribution in [-0.2, 0) is 21.8 Å². The van der Waals surface area contributed by atoms with Gasteiger partial charge in [-0.2, -0.15) is 0 Å². The normalized spacial score (nSPS) is 18.2. The number of nitrogens with zero attached hydrogens (tertiary/aromatic N) is 3. The Morgan fingerprint density at radius 3 is 2.52 bits per heavy atom. The van der Waals surface area contributed by atoms with E-state index in [2.05, 4.69) is 10.2 Å². The maximum atomic E-state index is 15.5. The third kappa shape index (κ3) is 4.62. The molecule has 1 aromatic heterocycles. The predicted molar refractivity (Wildman–Crippen MR) is 126 cm³/mol. The molecule has 2 N–H and O–H groups in total. The van der Waals surface area contributed by atoms with Gasteiger partial charge in [-0.15, -0.1) is 10.2 Å². The molecule has 10 heteroatoms. The number of sulfone groups is 1. The summed E-state index contributed by atoms with van der Waals surface area (Å²) in [4.78, 5) is 1.80. The van der Waals surface area contributed by atoms with Gasteiger partial charge in [0.2, 0.25) is 5.89 Å². The zero-order chi connectivity index (χ0) is 24.1. The lowest BCUT2D eigenvalue weighted by Crippen LogP contribution is -2.39. The van der Waals surface area contributed by atoms with E-state index < -0.39 is 27.1 Å². The molecule has 1 atom stereocenters. The molecule has 0 fully saturated rings. The van der Waals surface area contributed by atoms with Crippen LogP contribution >= 0.6 is 11.6 Å². The fourth-order valence-corrected chi connectivity index (χ4v) is 5.96. The van der Waals surface area contributed by atoms with Gasteiger partial charge < -0.3 is 15.1 Å². The number of halogens is 2. The highest BCUT2D eigenvalue weighted by atomic mass is 35.5. The molecule has 2 heterocycles. The Labute approximate surface area is 197 Å². The molecule has 0 spiro atoms. The van der Waals surface area contributed by atoms with Crippen LogP contribution in [0.4, 0.5) is 10.1 Å². The molecule has 33 heavy (non-hydrogen) atoms. The minimum atomic E-state index is -3.82. The molecule has 0 unspecified atom stereocenters. The second-order valence-corrected chi connectivity index (χ2v) is 11.8. The maximum absolute atomic E-state index is 15.5. The number of aromatic nitrogens is 2. The van der Waals surface area contributed by atoms with Crippen molar-refractivity contribution in [3.8, 4) is 11.5 Å². The molecule has 0 saturated carbocycles. The van der Waals surface area contributed by atoms with Crippen molar-refractivity contribution >= 4 is 27.1 Å². The van der Waals surface area contributed by atoms with Crippen LogP contribution in [0.15, 0.2) is 39.6 Å². The van der Waals surface area contributed by atoms with Crippen LogP contribution < -0.4 is 10.6 Å². The summed E-state index contributed by atoms with van der Waals surface area (Å²) in [6.07, 6.45) is 0. The molecule has 0 aliphatic carbocycles. The van der Waals surface area contributed by atoms with E-state index in [1.165, 1.54) is 13.0 Å². The van der Waals surface area contributed by atoms with E-state index in [1.54, 1.807) is 12.1 Å². The molecule has 1 aliphatic heterocycles. The van der Waals surface area contributed by atoms with Crippen LogP contribution in [0.2, 0.25) is 5.02 Å². The Balaban J connectivity index is 1.90. The summed E-state index contributed by atoms with van der Waals surface area (Å²) in [5, 5.41) is 8.68. The molecule has 4 rings (SSSR count). The number of anilines is 1. The van der Waals surface area contributed by atoms with Crippen molar-refractivity contribution in [2.45, 2.75) is 50.6 Å². The van der Waals surface area contributed by atoms with Crippen molar-refractivity contribution in [1.82, 2.24) is 10.2 Å². The van der Waals surface area contributed by atoms with E-state index in [9.17, 15) is 8.42 Å². The van der Waals surface area contributed by atoms with Crippen molar-refractivity contribution in [3.63, 3.8) is 0 Å². The van der Waals surface area contributed by atoms with Crippen molar-refractivity contribution in [3.05, 3.63) is 58.2 Å². The monoisotopic (exact) mass is 492 g/mol. The number of rotatable bonds is 3. The Hall–Kier alpha value is -2.49. The zero-order valence-corrected chi connectivity index (χ0v) is 20.5. The summed E-state index contributed by atoms with van der Waals surface area (Å²) in [5.41, 5.74) is 7.09. The molecule has 7 nitrogen and oxygen atoms in total. The lowest BCUT2D eigenvalue weighted by Gasteiger charge is -2.27. The van der Waals surface area contributed by atoms with E-state index >= 15 is 4.39 Å². The topological polar surface area (TPSA) is 102 Å². The lowest BCUT2D eigenvalue weighted by molar-refractivity contribution is 0.398. The minimum absolute atomic E-state index is 0.000659. The first-order valence-electron chi connectivity index (χ1n) is 10.5. The predicted octanol–water partition coefficient (Wildman–Crippen LogP) is 4.26. The molecule has 1 aliphatic rings. The summed E-state index contributed by atoms with van der Waals surface area (Å²) in [7, 11) is -3.82. The van der Waals surface area contributed by atoms with Crippen LogP contribution in [0.25, 0.3) is 11.5 Å². The molecule has 2 aromatic carbocycles. The van der Waals surface area contributed by atoms with E-state index in [0.29, 0.717) is 23.1 Å². The van der Waals surface area contributed by atoms with Gasteiger partial charge in [-0.1, -0.05) is 44.5 Å². The number of fused-ring (bicyclic) bond motifs is 1. The Kier molecular flexibility index (Phi) is 6.01. The minimum Gasteiger partial charge on any atom is -0.420 e. The fraction of sp³-hybridized carbons (Fsp3) is 0.391. The van der Waals surface area contributed by atoms with Crippen LogP contribution in [0, 0.1) is 12.7 Å². The molecule has 176 valence electrons. The van der Waals surface area contributed by atoms with Gasteiger partial charge in [-0.25, -0.2) is 12.8 Å². The van der Waals surface area contributed by atoms with Crippen molar-refractivity contribution in [1.29, 1.82) is 0 Å². The first-order valence-corrected chi connectivity index (χ1v) is 12.5. The third-order valence-corrected chi connectivity index (χ3v) is 7.80. The van der Waals surface area contributed by atoms with E-state index in [4.69, 9.17) is 21.8 Å². The van der Waals surface area contributed by atoms with E-state index in [-0.39, 0.29) is 34.2 Å². The summed E-state index contributed by atoms with van der Waals surface area (Å²) in [5.74, 6) is -0.618. The van der Waals surface area contributed by atoms with Gasteiger partial charge in [0.25, 0.3) is 5.89 Å². The average molecular weight is 493 g/mol.